The Kier molecular flexibility index (Phi) is 3.06. The van der Waals surface area contributed by atoms with Gasteiger partial charge in [0.1, 0.15) is 6.10 Å². The van der Waals surface area contributed by atoms with E-state index in [2.05, 4.69) is 0 Å². The molecule has 0 aromatic heterocycles. The molecule has 7 heteroatoms. The second-order valence-corrected chi connectivity index (χ2v) is 7.55. The lowest BCUT2D eigenvalue weighted by Gasteiger charge is -2.25. The molecule has 2 N–H and O–H groups in total. The highest BCUT2D eigenvalue weighted by Crippen LogP contribution is 2.40. The van der Waals surface area contributed by atoms with E-state index < -0.39 is 33.1 Å². The molecule has 0 radical (unpaired) electrons. The first-order valence-electron chi connectivity index (χ1n) is 5.37. The summed E-state index contributed by atoms with van der Waals surface area (Å²) in [4.78, 5) is 11.0. The Morgan fingerprint density at radius 2 is 2.12 bits per heavy atom. The van der Waals surface area contributed by atoms with Gasteiger partial charge in [-0.25, -0.2) is 0 Å². The number of fused-ring (bicyclic) bond motifs is 2. The zero-order valence-corrected chi connectivity index (χ0v) is 10.3. The highest BCUT2D eigenvalue weighted by Gasteiger charge is 2.60. The Morgan fingerprint density at radius 3 is 2.69 bits per heavy atom. The van der Waals surface area contributed by atoms with E-state index in [1.807, 2.05) is 13.8 Å². The molecule has 4 unspecified atom stereocenters. The third kappa shape index (κ3) is 1.78. The summed E-state index contributed by atoms with van der Waals surface area (Å²) in [5.41, 5.74) is 0.0136. The molecule has 2 bridgehead atoms. The molecule has 0 aromatic rings. The molecule has 0 amide bonds. The largest absolute Gasteiger partial charge is 0.506 e. The second kappa shape index (κ2) is 4.08. The lowest BCUT2D eigenvalue weighted by molar-refractivity contribution is -0.151. The van der Waals surface area contributed by atoms with E-state index in [9.17, 15) is 9.90 Å². The molecular formula is C9H16O6Si. The molecule has 2 saturated heterocycles. The van der Waals surface area contributed by atoms with E-state index in [1.165, 1.54) is 0 Å². The van der Waals surface area contributed by atoms with E-state index in [-0.39, 0.29) is 5.54 Å². The summed E-state index contributed by atoms with van der Waals surface area (Å²) in [5.74, 6) is -1.74. The van der Waals surface area contributed by atoms with E-state index in [0.29, 0.717) is 13.0 Å². The summed E-state index contributed by atoms with van der Waals surface area (Å²) in [6.07, 6.45) is -1.63. The van der Waals surface area contributed by atoms with Crippen LogP contribution >= 0.6 is 0 Å². The van der Waals surface area contributed by atoms with Crippen LogP contribution in [0.4, 0.5) is 0 Å². The van der Waals surface area contributed by atoms with Gasteiger partial charge >= 0.3 is 14.8 Å². The third-order valence-corrected chi connectivity index (χ3v) is 6.21. The first-order chi connectivity index (χ1) is 7.46. The monoisotopic (exact) mass is 248 g/mol. The van der Waals surface area contributed by atoms with Crippen molar-refractivity contribution in [1.82, 2.24) is 0 Å². The van der Waals surface area contributed by atoms with Gasteiger partial charge in [-0.15, -0.1) is 0 Å². The van der Waals surface area contributed by atoms with Crippen LogP contribution in [0.15, 0.2) is 0 Å². The lowest BCUT2D eigenvalue weighted by atomic mass is 9.99. The van der Waals surface area contributed by atoms with Crippen molar-refractivity contribution in [2.45, 2.75) is 38.2 Å². The standard InChI is InChI=1S/C9H16O6Si/c1-5(2)16-13-4-3-6(8(10)11)7(14-16)9(12)15-16/h5-7,9,12H,3-4H2,1-2H3,(H,10,11). The summed E-state index contributed by atoms with van der Waals surface area (Å²) >= 11 is 0. The van der Waals surface area contributed by atoms with Gasteiger partial charge in [-0.1, -0.05) is 13.8 Å². The number of carboxylic acid groups (broad SMARTS) is 1. The van der Waals surface area contributed by atoms with Crippen LogP contribution in [-0.2, 0) is 18.1 Å². The third-order valence-electron chi connectivity index (χ3n) is 3.02. The molecule has 6 nitrogen and oxygen atoms in total. The minimum atomic E-state index is -2.87. The van der Waals surface area contributed by atoms with Crippen molar-refractivity contribution in [2.24, 2.45) is 5.92 Å². The van der Waals surface area contributed by atoms with Gasteiger partial charge in [-0.2, -0.15) is 0 Å². The first kappa shape index (κ1) is 12.0. The quantitative estimate of drug-likeness (QED) is 0.679. The Hall–Kier alpha value is -0.473. The van der Waals surface area contributed by atoms with Crippen molar-refractivity contribution in [1.29, 1.82) is 0 Å². The number of rotatable bonds is 2. The maximum absolute atomic E-state index is 11.0. The number of carboxylic acids is 1. The molecule has 0 saturated carbocycles. The predicted molar refractivity (Wildman–Crippen MR) is 54.5 cm³/mol. The lowest BCUT2D eigenvalue weighted by Crippen LogP contribution is -2.44. The summed E-state index contributed by atoms with van der Waals surface area (Å²) in [7, 11) is -2.87. The molecule has 16 heavy (non-hydrogen) atoms. The van der Waals surface area contributed by atoms with Gasteiger partial charge in [0, 0.05) is 12.1 Å². The van der Waals surface area contributed by atoms with Gasteiger partial charge in [-0.05, 0) is 6.42 Å². The molecule has 2 aliphatic heterocycles. The fourth-order valence-electron chi connectivity index (χ4n) is 2.06. The van der Waals surface area contributed by atoms with Crippen LogP contribution in [0.1, 0.15) is 20.3 Å². The molecule has 2 fully saturated rings. The molecule has 92 valence electrons. The van der Waals surface area contributed by atoms with Gasteiger partial charge in [0.05, 0.1) is 5.92 Å². The van der Waals surface area contributed by atoms with Crippen LogP contribution in [0.3, 0.4) is 0 Å². The van der Waals surface area contributed by atoms with E-state index in [0.717, 1.165) is 0 Å². The van der Waals surface area contributed by atoms with Crippen LogP contribution < -0.4 is 0 Å². The maximum atomic E-state index is 11.0. The first-order valence-corrected chi connectivity index (χ1v) is 7.17. The van der Waals surface area contributed by atoms with Gasteiger partial charge < -0.3 is 23.5 Å². The van der Waals surface area contributed by atoms with Gasteiger partial charge in [0.25, 0.3) is 0 Å². The summed E-state index contributed by atoms with van der Waals surface area (Å²) in [6.45, 7) is 4.09. The average molecular weight is 248 g/mol. The summed E-state index contributed by atoms with van der Waals surface area (Å²) < 4.78 is 16.6. The highest BCUT2D eigenvalue weighted by atomic mass is 28.4. The van der Waals surface area contributed by atoms with Crippen LogP contribution in [0.2, 0.25) is 5.54 Å². The number of carbonyl (C=O) groups is 1. The highest BCUT2D eigenvalue weighted by molar-refractivity contribution is 6.62. The zero-order chi connectivity index (χ0) is 11.9. The molecule has 0 aromatic carbocycles. The van der Waals surface area contributed by atoms with E-state index in [1.54, 1.807) is 0 Å². The van der Waals surface area contributed by atoms with Crippen molar-refractivity contribution in [2.75, 3.05) is 6.61 Å². The van der Waals surface area contributed by atoms with Crippen LogP contribution in [0.25, 0.3) is 0 Å². The normalized spacial score (nSPS) is 43.4. The fraction of sp³-hybridized carbons (Fsp3) is 0.889. The molecule has 4 atom stereocenters. The Morgan fingerprint density at radius 1 is 1.44 bits per heavy atom. The van der Waals surface area contributed by atoms with Crippen LogP contribution in [-0.4, -0.2) is 44.0 Å². The second-order valence-electron chi connectivity index (χ2n) is 4.43. The molecule has 0 spiro atoms. The number of aliphatic hydroxyl groups is 1. The Bertz CT molecular complexity index is 296. The van der Waals surface area contributed by atoms with Gasteiger partial charge in [0.2, 0.25) is 0 Å². The van der Waals surface area contributed by atoms with Crippen molar-refractivity contribution in [3.05, 3.63) is 0 Å². The average Bonchev–Trinajstić information content (AvgIpc) is 2.42. The predicted octanol–water partition coefficient (Wildman–Crippen LogP) is 0.190. The van der Waals surface area contributed by atoms with Crippen LogP contribution in [0, 0.1) is 5.92 Å². The molecule has 0 aliphatic carbocycles. The summed E-state index contributed by atoms with van der Waals surface area (Å²) in [6, 6.07) is 0. The maximum Gasteiger partial charge on any atom is 0.506 e. The Labute approximate surface area is 94.5 Å². The Balaban J connectivity index is 2.25. The van der Waals surface area contributed by atoms with Crippen molar-refractivity contribution < 1.29 is 28.3 Å². The smallest absolute Gasteiger partial charge is 0.481 e. The van der Waals surface area contributed by atoms with Crippen molar-refractivity contribution in [3.8, 4) is 0 Å². The van der Waals surface area contributed by atoms with Crippen molar-refractivity contribution in [3.63, 3.8) is 0 Å². The molecule has 2 rings (SSSR count). The fourth-order valence-corrected chi connectivity index (χ4v) is 4.66. The van der Waals surface area contributed by atoms with Crippen LogP contribution in [0.5, 0.6) is 0 Å². The number of aliphatic hydroxyl groups excluding tert-OH is 1. The molecule has 2 heterocycles. The number of hydrogen-bond donors (Lipinski definition) is 2. The topological polar surface area (TPSA) is 85.2 Å². The van der Waals surface area contributed by atoms with E-state index in [4.69, 9.17) is 18.4 Å². The number of aliphatic carboxylic acids is 1. The van der Waals surface area contributed by atoms with Gasteiger partial charge in [0.15, 0.2) is 6.29 Å². The summed E-state index contributed by atoms with van der Waals surface area (Å²) in [5, 5.41) is 18.7. The molecular weight excluding hydrogens is 232 g/mol. The minimum absolute atomic E-state index is 0.0136. The zero-order valence-electron chi connectivity index (χ0n) is 9.25. The number of hydrogen-bond acceptors (Lipinski definition) is 5. The van der Waals surface area contributed by atoms with Gasteiger partial charge in [-0.3, -0.25) is 4.79 Å². The molecule has 2 aliphatic rings. The SMILES string of the molecule is CC(C)[Si]12OCCC(C(=O)O)C(O1)C(O)O2. The minimum Gasteiger partial charge on any atom is -0.481 e. The van der Waals surface area contributed by atoms with E-state index >= 15 is 0 Å². The van der Waals surface area contributed by atoms with Crippen molar-refractivity contribution >= 4 is 14.8 Å².